The lowest BCUT2D eigenvalue weighted by Gasteiger charge is -1.93. The van der Waals surface area contributed by atoms with Crippen LogP contribution in [0.15, 0.2) is 48.1 Å². The van der Waals surface area contributed by atoms with E-state index in [4.69, 9.17) is 0 Å². The molecule has 0 aliphatic rings. The van der Waals surface area contributed by atoms with Gasteiger partial charge in [-0.15, -0.1) is 0 Å². The third-order valence-electron chi connectivity index (χ3n) is 1.63. The van der Waals surface area contributed by atoms with E-state index in [0.29, 0.717) is 0 Å². The molecule has 1 rings (SSSR count). The number of aldehydes is 1. The van der Waals surface area contributed by atoms with Crippen molar-refractivity contribution in [3.63, 3.8) is 0 Å². The molecular formula is C12H12O. The van der Waals surface area contributed by atoms with Crippen LogP contribution in [0.1, 0.15) is 12.5 Å². The van der Waals surface area contributed by atoms with Gasteiger partial charge < -0.3 is 0 Å². The molecule has 0 aromatic heterocycles. The van der Waals surface area contributed by atoms with Gasteiger partial charge in [0.2, 0.25) is 0 Å². The van der Waals surface area contributed by atoms with Gasteiger partial charge in [-0.05, 0) is 18.6 Å². The van der Waals surface area contributed by atoms with Crippen LogP contribution < -0.4 is 0 Å². The minimum Gasteiger partial charge on any atom is -0.299 e. The highest BCUT2D eigenvalue weighted by Crippen LogP contribution is 2.06. The molecule has 0 amide bonds. The Balaban J connectivity index is 2.76. The number of hydrogen-bond acceptors (Lipinski definition) is 1. The SMILES string of the molecule is CC(C=CC=O)=Cc1ccccc1. The first-order valence-electron chi connectivity index (χ1n) is 4.18. The van der Waals surface area contributed by atoms with E-state index < -0.39 is 0 Å². The van der Waals surface area contributed by atoms with Crippen LogP contribution in [-0.2, 0) is 4.79 Å². The van der Waals surface area contributed by atoms with E-state index in [-0.39, 0.29) is 0 Å². The van der Waals surface area contributed by atoms with Crippen molar-refractivity contribution in [3.05, 3.63) is 53.6 Å². The van der Waals surface area contributed by atoms with Gasteiger partial charge in [0, 0.05) is 0 Å². The van der Waals surface area contributed by atoms with Gasteiger partial charge in [-0.3, -0.25) is 4.79 Å². The molecule has 13 heavy (non-hydrogen) atoms. The van der Waals surface area contributed by atoms with Crippen LogP contribution in [0.2, 0.25) is 0 Å². The van der Waals surface area contributed by atoms with Gasteiger partial charge >= 0.3 is 0 Å². The Labute approximate surface area is 78.4 Å². The lowest BCUT2D eigenvalue weighted by atomic mass is 10.1. The zero-order valence-electron chi connectivity index (χ0n) is 7.60. The highest BCUT2D eigenvalue weighted by molar-refractivity contribution is 5.67. The molecule has 0 aliphatic carbocycles. The molecule has 0 atom stereocenters. The maximum absolute atomic E-state index is 10.0. The minimum atomic E-state index is 0.780. The van der Waals surface area contributed by atoms with E-state index >= 15 is 0 Å². The maximum Gasteiger partial charge on any atom is 0.142 e. The molecular weight excluding hydrogens is 160 g/mol. The second-order valence-corrected chi connectivity index (χ2v) is 2.79. The lowest BCUT2D eigenvalue weighted by molar-refractivity contribution is -0.104. The predicted octanol–water partition coefficient (Wildman–Crippen LogP) is 2.85. The van der Waals surface area contributed by atoms with Gasteiger partial charge in [0.25, 0.3) is 0 Å². The van der Waals surface area contributed by atoms with Gasteiger partial charge in [0.1, 0.15) is 6.29 Å². The van der Waals surface area contributed by atoms with Crippen LogP contribution in [0.3, 0.4) is 0 Å². The topological polar surface area (TPSA) is 17.1 Å². The van der Waals surface area contributed by atoms with Crippen molar-refractivity contribution in [2.75, 3.05) is 0 Å². The van der Waals surface area contributed by atoms with E-state index in [1.54, 1.807) is 6.08 Å². The summed E-state index contributed by atoms with van der Waals surface area (Å²) in [6, 6.07) is 10.0. The molecule has 0 radical (unpaired) electrons. The first kappa shape index (κ1) is 9.46. The van der Waals surface area contributed by atoms with Crippen molar-refractivity contribution in [3.8, 4) is 0 Å². The van der Waals surface area contributed by atoms with Gasteiger partial charge in [-0.2, -0.15) is 0 Å². The Morgan fingerprint density at radius 1 is 1.23 bits per heavy atom. The molecule has 0 fully saturated rings. The molecule has 1 heteroatoms. The number of allylic oxidation sites excluding steroid dienone is 3. The molecule has 0 N–H and O–H groups in total. The molecule has 0 saturated carbocycles. The van der Waals surface area contributed by atoms with Gasteiger partial charge in [0.05, 0.1) is 0 Å². The summed E-state index contributed by atoms with van der Waals surface area (Å²) in [4.78, 5) is 10.0. The highest BCUT2D eigenvalue weighted by atomic mass is 16.1. The van der Waals surface area contributed by atoms with Crippen molar-refractivity contribution in [1.82, 2.24) is 0 Å². The summed E-state index contributed by atoms with van der Waals surface area (Å²) >= 11 is 0. The van der Waals surface area contributed by atoms with Crippen LogP contribution in [0.5, 0.6) is 0 Å². The number of carbonyl (C=O) groups excluding carboxylic acids is 1. The van der Waals surface area contributed by atoms with Crippen LogP contribution >= 0.6 is 0 Å². The summed E-state index contributed by atoms with van der Waals surface area (Å²) in [5, 5.41) is 0. The molecule has 1 aromatic carbocycles. The van der Waals surface area contributed by atoms with Crippen molar-refractivity contribution in [1.29, 1.82) is 0 Å². The average molecular weight is 172 g/mol. The van der Waals surface area contributed by atoms with E-state index in [0.717, 1.165) is 17.4 Å². The Morgan fingerprint density at radius 3 is 2.54 bits per heavy atom. The molecule has 0 saturated heterocycles. The lowest BCUT2D eigenvalue weighted by Crippen LogP contribution is -1.72. The van der Waals surface area contributed by atoms with Crippen molar-refractivity contribution < 1.29 is 4.79 Å². The monoisotopic (exact) mass is 172 g/mol. The van der Waals surface area contributed by atoms with E-state index in [1.165, 1.54) is 6.08 Å². The van der Waals surface area contributed by atoms with Crippen molar-refractivity contribution in [2.24, 2.45) is 0 Å². The first-order chi connectivity index (χ1) is 6.33. The number of rotatable bonds is 3. The third kappa shape index (κ3) is 3.52. The van der Waals surface area contributed by atoms with E-state index in [9.17, 15) is 4.79 Å². The molecule has 1 nitrogen and oxygen atoms in total. The number of benzene rings is 1. The number of carbonyl (C=O) groups is 1. The normalized spacial score (nSPS) is 11.9. The van der Waals surface area contributed by atoms with Crippen LogP contribution in [0, 0.1) is 0 Å². The second-order valence-electron chi connectivity index (χ2n) is 2.79. The second kappa shape index (κ2) is 5.09. The van der Waals surface area contributed by atoms with Crippen LogP contribution in [0.4, 0.5) is 0 Å². The van der Waals surface area contributed by atoms with Crippen molar-refractivity contribution in [2.45, 2.75) is 6.92 Å². The highest BCUT2D eigenvalue weighted by Gasteiger charge is 1.85. The summed E-state index contributed by atoms with van der Waals surface area (Å²) in [5.41, 5.74) is 2.22. The molecule has 0 unspecified atom stereocenters. The molecule has 0 heterocycles. The fourth-order valence-corrected chi connectivity index (χ4v) is 1.05. The smallest absolute Gasteiger partial charge is 0.142 e. The van der Waals surface area contributed by atoms with E-state index in [1.807, 2.05) is 43.3 Å². The molecule has 0 bridgehead atoms. The van der Waals surface area contributed by atoms with E-state index in [2.05, 4.69) is 0 Å². The molecule has 1 aromatic rings. The molecule has 0 spiro atoms. The maximum atomic E-state index is 10.0. The fraction of sp³-hybridized carbons (Fsp3) is 0.0833. The average Bonchev–Trinajstić information content (AvgIpc) is 2.16. The van der Waals surface area contributed by atoms with Gasteiger partial charge in [0.15, 0.2) is 0 Å². The molecule has 0 aliphatic heterocycles. The Bertz CT molecular complexity index is 320. The Kier molecular flexibility index (Phi) is 3.71. The Morgan fingerprint density at radius 2 is 1.92 bits per heavy atom. The summed E-state index contributed by atoms with van der Waals surface area (Å²) < 4.78 is 0. The summed E-state index contributed by atoms with van der Waals surface area (Å²) in [5.74, 6) is 0. The van der Waals surface area contributed by atoms with Crippen LogP contribution in [-0.4, -0.2) is 6.29 Å². The van der Waals surface area contributed by atoms with Gasteiger partial charge in [-0.25, -0.2) is 0 Å². The first-order valence-corrected chi connectivity index (χ1v) is 4.18. The third-order valence-corrected chi connectivity index (χ3v) is 1.63. The standard InChI is InChI=1S/C12H12O/c1-11(6-5-9-13)10-12-7-3-2-4-8-12/h2-10H,1H3. The predicted molar refractivity (Wildman–Crippen MR) is 55.3 cm³/mol. The quantitative estimate of drug-likeness (QED) is 0.389. The summed E-state index contributed by atoms with van der Waals surface area (Å²) in [6.07, 6.45) is 6.09. The van der Waals surface area contributed by atoms with Gasteiger partial charge in [-0.1, -0.05) is 48.1 Å². The van der Waals surface area contributed by atoms with Crippen LogP contribution in [0.25, 0.3) is 6.08 Å². The summed E-state index contributed by atoms with van der Waals surface area (Å²) in [7, 11) is 0. The fourth-order valence-electron chi connectivity index (χ4n) is 1.05. The zero-order valence-corrected chi connectivity index (χ0v) is 7.60. The zero-order chi connectivity index (χ0) is 9.52. The number of hydrogen-bond donors (Lipinski definition) is 0. The Hall–Kier alpha value is -1.63. The largest absolute Gasteiger partial charge is 0.299 e. The minimum absolute atomic E-state index is 0.780. The summed E-state index contributed by atoms with van der Waals surface area (Å²) in [6.45, 7) is 1.97. The molecule has 66 valence electrons. The van der Waals surface area contributed by atoms with Crippen molar-refractivity contribution >= 4 is 12.4 Å².